The molecule has 122 valence electrons. The normalized spacial score (nSPS) is 17.3. The summed E-state index contributed by atoms with van der Waals surface area (Å²) in [6, 6.07) is 3.80. The summed E-state index contributed by atoms with van der Waals surface area (Å²) in [5.74, 6) is 1.11. The maximum absolute atomic E-state index is 12.8. The Morgan fingerprint density at radius 1 is 1.27 bits per heavy atom. The molecule has 0 spiro atoms. The van der Waals surface area contributed by atoms with Gasteiger partial charge in [0.2, 0.25) is 0 Å². The van der Waals surface area contributed by atoms with Crippen molar-refractivity contribution in [3.05, 3.63) is 28.8 Å². The summed E-state index contributed by atoms with van der Waals surface area (Å²) in [7, 11) is 0. The number of nitrogens with one attached hydrogen (secondary N) is 1. The van der Waals surface area contributed by atoms with Gasteiger partial charge in [-0.25, -0.2) is 0 Å². The van der Waals surface area contributed by atoms with Gasteiger partial charge in [-0.2, -0.15) is 0 Å². The van der Waals surface area contributed by atoms with Crippen LogP contribution >= 0.6 is 0 Å². The molecule has 1 heterocycles. The molecule has 4 nitrogen and oxygen atoms in total. The van der Waals surface area contributed by atoms with E-state index in [9.17, 15) is 4.79 Å². The number of piperazine rings is 1. The number of carbonyl (C=O) groups is 1. The van der Waals surface area contributed by atoms with Crippen LogP contribution in [0.2, 0.25) is 0 Å². The van der Waals surface area contributed by atoms with Crippen LogP contribution in [-0.2, 0) is 0 Å². The monoisotopic (exact) mass is 304 g/mol. The summed E-state index contributed by atoms with van der Waals surface area (Å²) in [5, 5.41) is 3.33. The van der Waals surface area contributed by atoms with Crippen molar-refractivity contribution in [2.24, 2.45) is 0 Å². The van der Waals surface area contributed by atoms with E-state index < -0.39 is 0 Å². The first kappa shape index (κ1) is 17.0. The molecule has 1 N–H and O–H groups in total. The Morgan fingerprint density at radius 2 is 1.95 bits per heavy atom. The first-order chi connectivity index (χ1) is 10.6. The predicted molar refractivity (Wildman–Crippen MR) is 89.9 cm³/mol. The number of nitrogens with zero attached hydrogens (tertiary/aromatic N) is 1. The lowest BCUT2D eigenvalue weighted by molar-refractivity contribution is 0.0819. The van der Waals surface area contributed by atoms with Crippen LogP contribution in [-0.4, -0.2) is 49.5 Å². The van der Waals surface area contributed by atoms with Crippen molar-refractivity contribution in [2.45, 2.75) is 40.2 Å². The van der Waals surface area contributed by atoms with E-state index in [0.717, 1.165) is 55.0 Å². The van der Waals surface area contributed by atoms with Crippen LogP contribution in [0.5, 0.6) is 5.75 Å². The van der Waals surface area contributed by atoms with Gasteiger partial charge >= 0.3 is 0 Å². The molecule has 0 bridgehead atoms. The molecule has 4 heteroatoms. The van der Waals surface area contributed by atoms with Gasteiger partial charge in [0, 0.05) is 31.7 Å². The smallest absolute Gasteiger partial charge is 0.179 e. The highest BCUT2D eigenvalue weighted by Gasteiger charge is 2.25. The van der Waals surface area contributed by atoms with Crippen LogP contribution < -0.4 is 10.1 Å². The Kier molecular flexibility index (Phi) is 5.98. The molecule has 1 aliphatic heterocycles. The summed E-state index contributed by atoms with van der Waals surface area (Å²) < 4.78 is 5.75. The van der Waals surface area contributed by atoms with Crippen molar-refractivity contribution in [3.63, 3.8) is 0 Å². The number of Topliss-reactive ketones (excluding diaryl/α,β-unsaturated/α-hetero) is 1. The summed E-state index contributed by atoms with van der Waals surface area (Å²) in [6.45, 7) is 12.7. The van der Waals surface area contributed by atoms with E-state index in [-0.39, 0.29) is 11.8 Å². The molecular weight excluding hydrogens is 276 g/mol. The lowest BCUT2D eigenvalue weighted by atomic mass is 9.95. The molecule has 0 saturated carbocycles. The van der Waals surface area contributed by atoms with Gasteiger partial charge in [-0.05, 0) is 50.5 Å². The third-order valence-corrected chi connectivity index (χ3v) is 4.54. The number of ketones is 1. The van der Waals surface area contributed by atoms with Crippen molar-refractivity contribution in [1.82, 2.24) is 10.2 Å². The second kappa shape index (κ2) is 7.75. The van der Waals surface area contributed by atoms with E-state index in [1.807, 2.05) is 32.9 Å². The Balaban J connectivity index is 2.17. The molecule has 1 aromatic rings. The lowest BCUT2D eigenvalue weighted by Gasteiger charge is -2.32. The fourth-order valence-corrected chi connectivity index (χ4v) is 2.89. The summed E-state index contributed by atoms with van der Waals surface area (Å²) >= 11 is 0. The minimum absolute atomic E-state index is 0.0670. The average molecular weight is 304 g/mol. The second-order valence-electron chi connectivity index (χ2n) is 6.04. The zero-order valence-electron chi connectivity index (χ0n) is 14.2. The zero-order valence-corrected chi connectivity index (χ0v) is 14.2. The SMILES string of the molecule is CCCOc1ccc(C(=O)C(C)N2CCNCC2)c(C)c1C. The maximum atomic E-state index is 12.8. The largest absolute Gasteiger partial charge is 0.493 e. The van der Waals surface area contributed by atoms with Gasteiger partial charge in [-0.3, -0.25) is 9.69 Å². The topological polar surface area (TPSA) is 41.6 Å². The van der Waals surface area contributed by atoms with Crippen LogP contribution in [0.4, 0.5) is 0 Å². The molecule has 1 aromatic carbocycles. The number of benzene rings is 1. The van der Waals surface area contributed by atoms with E-state index in [1.165, 1.54) is 0 Å². The van der Waals surface area contributed by atoms with E-state index in [0.29, 0.717) is 6.61 Å². The summed E-state index contributed by atoms with van der Waals surface area (Å²) in [6.07, 6.45) is 0.985. The fraction of sp³-hybridized carbons (Fsp3) is 0.611. The molecule has 1 saturated heterocycles. The van der Waals surface area contributed by atoms with Crippen LogP contribution in [0.25, 0.3) is 0 Å². The lowest BCUT2D eigenvalue weighted by Crippen LogP contribution is -2.50. The molecule has 0 amide bonds. The van der Waals surface area contributed by atoms with Crippen molar-refractivity contribution >= 4 is 5.78 Å². The number of carbonyl (C=O) groups excluding carboxylic acids is 1. The van der Waals surface area contributed by atoms with Gasteiger partial charge < -0.3 is 10.1 Å². The van der Waals surface area contributed by atoms with Crippen LogP contribution in [0.15, 0.2) is 12.1 Å². The minimum atomic E-state index is -0.0670. The molecule has 1 aliphatic rings. The molecule has 0 aromatic heterocycles. The quantitative estimate of drug-likeness (QED) is 0.820. The number of ether oxygens (including phenoxy) is 1. The van der Waals surface area contributed by atoms with Gasteiger partial charge in [-0.15, -0.1) is 0 Å². The Bertz CT molecular complexity index is 522. The summed E-state index contributed by atoms with van der Waals surface area (Å²) in [5.41, 5.74) is 2.94. The highest BCUT2D eigenvalue weighted by Crippen LogP contribution is 2.26. The molecule has 1 unspecified atom stereocenters. The van der Waals surface area contributed by atoms with Crippen molar-refractivity contribution in [2.75, 3.05) is 32.8 Å². The Hall–Kier alpha value is -1.39. The third kappa shape index (κ3) is 3.68. The molecule has 0 radical (unpaired) electrons. The highest BCUT2D eigenvalue weighted by atomic mass is 16.5. The van der Waals surface area contributed by atoms with Gasteiger partial charge in [0.1, 0.15) is 5.75 Å². The zero-order chi connectivity index (χ0) is 16.1. The van der Waals surface area contributed by atoms with Crippen molar-refractivity contribution in [1.29, 1.82) is 0 Å². The van der Waals surface area contributed by atoms with Gasteiger partial charge in [0.05, 0.1) is 12.6 Å². The molecular formula is C18H28N2O2. The van der Waals surface area contributed by atoms with E-state index >= 15 is 0 Å². The number of hydrogen-bond donors (Lipinski definition) is 1. The van der Waals surface area contributed by atoms with Crippen LogP contribution in [0, 0.1) is 13.8 Å². The fourth-order valence-electron chi connectivity index (χ4n) is 2.89. The Morgan fingerprint density at radius 3 is 2.59 bits per heavy atom. The van der Waals surface area contributed by atoms with E-state index in [1.54, 1.807) is 0 Å². The molecule has 1 fully saturated rings. The molecule has 0 aliphatic carbocycles. The van der Waals surface area contributed by atoms with Crippen molar-refractivity contribution in [3.8, 4) is 5.75 Å². The minimum Gasteiger partial charge on any atom is -0.493 e. The molecule has 1 atom stereocenters. The summed E-state index contributed by atoms with van der Waals surface area (Å²) in [4.78, 5) is 15.1. The predicted octanol–water partition coefficient (Wildman–Crippen LogP) is 2.57. The third-order valence-electron chi connectivity index (χ3n) is 4.54. The van der Waals surface area contributed by atoms with Gasteiger partial charge in [0.15, 0.2) is 5.78 Å². The second-order valence-corrected chi connectivity index (χ2v) is 6.04. The standard InChI is InChI=1S/C18H28N2O2/c1-5-12-22-17-7-6-16(13(2)14(17)3)18(21)15(4)20-10-8-19-9-11-20/h6-7,15,19H,5,8-12H2,1-4H3. The van der Waals surface area contributed by atoms with Crippen LogP contribution in [0.1, 0.15) is 41.8 Å². The number of rotatable bonds is 6. The molecule has 2 rings (SSSR count). The van der Waals surface area contributed by atoms with Crippen molar-refractivity contribution < 1.29 is 9.53 Å². The maximum Gasteiger partial charge on any atom is 0.179 e. The van der Waals surface area contributed by atoms with Gasteiger partial charge in [-0.1, -0.05) is 6.92 Å². The van der Waals surface area contributed by atoms with Crippen LogP contribution in [0.3, 0.4) is 0 Å². The molecule has 22 heavy (non-hydrogen) atoms. The van der Waals surface area contributed by atoms with Gasteiger partial charge in [0.25, 0.3) is 0 Å². The highest BCUT2D eigenvalue weighted by molar-refractivity contribution is 6.01. The Labute approximate surface area is 133 Å². The first-order valence-corrected chi connectivity index (χ1v) is 8.28. The van der Waals surface area contributed by atoms with E-state index in [4.69, 9.17) is 4.74 Å². The van der Waals surface area contributed by atoms with E-state index in [2.05, 4.69) is 17.1 Å². The average Bonchev–Trinajstić information content (AvgIpc) is 2.56. The number of hydrogen-bond acceptors (Lipinski definition) is 4. The first-order valence-electron chi connectivity index (χ1n) is 8.28.